The lowest BCUT2D eigenvalue weighted by Gasteiger charge is -2.47. The predicted molar refractivity (Wildman–Crippen MR) is 67.6 cm³/mol. The van der Waals surface area contributed by atoms with E-state index in [9.17, 15) is 9.90 Å². The lowest BCUT2D eigenvalue weighted by atomic mass is 9.58. The molecule has 5 unspecified atom stereocenters. The summed E-state index contributed by atoms with van der Waals surface area (Å²) >= 11 is 0. The molecule has 0 bridgehead atoms. The molecular weight excluding hydrogens is 228 g/mol. The molecule has 1 saturated carbocycles. The largest absolute Gasteiger partial charge is 0.458 e. The SMILES string of the molecule is C=C1C(=O)OC2CC3(C)C=CC(O)C(=C)C3CC12. The fourth-order valence-corrected chi connectivity index (χ4v) is 3.65. The van der Waals surface area contributed by atoms with Crippen LogP contribution in [0.5, 0.6) is 0 Å². The minimum absolute atomic E-state index is 0.0565. The van der Waals surface area contributed by atoms with Gasteiger partial charge in [-0.1, -0.05) is 32.2 Å². The van der Waals surface area contributed by atoms with Crippen LogP contribution in [-0.2, 0) is 9.53 Å². The number of carbonyl (C=O) groups excluding carboxylic acids is 1. The Kier molecular flexibility index (Phi) is 2.33. The highest BCUT2D eigenvalue weighted by molar-refractivity contribution is 5.90. The zero-order valence-corrected chi connectivity index (χ0v) is 10.6. The summed E-state index contributed by atoms with van der Waals surface area (Å²) in [5.74, 6) is 0.0263. The van der Waals surface area contributed by atoms with E-state index in [0.717, 1.165) is 18.4 Å². The second-order valence-corrected chi connectivity index (χ2v) is 5.95. The van der Waals surface area contributed by atoms with Gasteiger partial charge in [0.15, 0.2) is 0 Å². The lowest BCUT2D eigenvalue weighted by Crippen LogP contribution is -2.44. The van der Waals surface area contributed by atoms with Gasteiger partial charge in [-0.05, 0) is 29.7 Å². The zero-order chi connectivity index (χ0) is 13.1. The maximum absolute atomic E-state index is 11.6. The summed E-state index contributed by atoms with van der Waals surface area (Å²) in [5, 5.41) is 9.88. The predicted octanol–water partition coefficient (Wildman–Crippen LogP) is 1.99. The first kappa shape index (κ1) is 11.7. The van der Waals surface area contributed by atoms with Gasteiger partial charge in [0.05, 0.1) is 6.10 Å². The molecule has 3 rings (SSSR count). The van der Waals surface area contributed by atoms with Crippen molar-refractivity contribution in [2.24, 2.45) is 17.3 Å². The molecule has 2 fully saturated rings. The average molecular weight is 246 g/mol. The van der Waals surface area contributed by atoms with Crippen LogP contribution in [0.25, 0.3) is 0 Å². The standard InChI is InChI=1S/C15H18O3/c1-8-10-6-11-9(2)12(16)4-5-15(11,3)7-13(10)18-14(8)17/h4-5,10-13,16H,1-2,6-7H2,3H3. The van der Waals surface area contributed by atoms with Crippen molar-refractivity contribution in [1.82, 2.24) is 0 Å². The van der Waals surface area contributed by atoms with E-state index < -0.39 is 6.10 Å². The van der Waals surface area contributed by atoms with Crippen molar-refractivity contribution in [3.63, 3.8) is 0 Å². The number of hydrogen-bond acceptors (Lipinski definition) is 3. The van der Waals surface area contributed by atoms with Gasteiger partial charge < -0.3 is 9.84 Å². The van der Waals surface area contributed by atoms with Gasteiger partial charge in [0.25, 0.3) is 0 Å². The summed E-state index contributed by atoms with van der Waals surface area (Å²) in [7, 11) is 0. The molecule has 1 saturated heterocycles. The van der Waals surface area contributed by atoms with Gasteiger partial charge in [-0.25, -0.2) is 4.79 Å². The van der Waals surface area contributed by atoms with Crippen molar-refractivity contribution in [3.8, 4) is 0 Å². The quantitative estimate of drug-likeness (QED) is 0.404. The van der Waals surface area contributed by atoms with Gasteiger partial charge in [0, 0.05) is 11.5 Å². The Hall–Kier alpha value is -1.35. The molecule has 0 aromatic rings. The molecule has 3 heteroatoms. The molecule has 0 radical (unpaired) electrons. The summed E-state index contributed by atoms with van der Waals surface area (Å²) < 4.78 is 5.39. The van der Waals surface area contributed by atoms with Crippen molar-refractivity contribution >= 4 is 5.97 Å². The van der Waals surface area contributed by atoms with Crippen LogP contribution in [0.3, 0.4) is 0 Å². The van der Waals surface area contributed by atoms with Gasteiger partial charge in [-0.2, -0.15) is 0 Å². The van der Waals surface area contributed by atoms with Crippen molar-refractivity contribution in [2.75, 3.05) is 0 Å². The molecule has 5 atom stereocenters. The smallest absolute Gasteiger partial charge is 0.334 e. The number of aliphatic hydroxyl groups is 1. The highest BCUT2D eigenvalue weighted by Crippen LogP contribution is 2.54. The number of aliphatic hydroxyl groups excluding tert-OH is 1. The van der Waals surface area contributed by atoms with Crippen molar-refractivity contribution in [1.29, 1.82) is 0 Å². The maximum atomic E-state index is 11.6. The average Bonchev–Trinajstić information content (AvgIpc) is 2.58. The van der Waals surface area contributed by atoms with Crippen LogP contribution in [0.15, 0.2) is 36.5 Å². The molecule has 1 N–H and O–H groups in total. The highest BCUT2D eigenvalue weighted by atomic mass is 16.6. The number of ether oxygens (including phenoxy) is 1. The van der Waals surface area contributed by atoms with E-state index in [2.05, 4.69) is 26.2 Å². The molecule has 1 heterocycles. The molecule has 18 heavy (non-hydrogen) atoms. The molecule has 1 aliphatic heterocycles. The van der Waals surface area contributed by atoms with Crippen molar-refractivity contribution in [3.05, 3.63) is 36.5 Å². The van der Waals surface area contributed by atoms with Crippen LogP contribution in [0.4, 0.5) is 0 Å². The Morgan fingerprint density at radius 2 is 2.22 bits per heavy atom. The first-order valence-corrected chi connectivity index (χ1v) is 6.38. The molecule has 3 nitrogen and oxygen atoms in total. The molecule has 96 valence electrons. The maximum Gasteiger partial charge on any atom is 0.334 e. The summed E-state index contributed by atoms with van der Waals surface area (Å²) in [5.41, 5.74) is 1.37. The number of fused-ring (bicyclic) bond motifs is 2. The topological polar surface area (TPSA) is 46.5 Å². The molecule has 0 spiro atoms. The van der Waals surface area contributed by atoms with E-state index in [-0.39, 0.29) is 29.3 Å². The molecule has 0 amide bonds. The van der Waals surface area contributed by atoms with E-state index in [1.165, 1.54) is 0 Å². The third kappa shape index (κ3) is 1.43. The van der Waals surface area contributed by atoms with Crippen molar-refractivity contribution < 1.29 is 14.6 Å². The minimum atomic E-state index is -0.564. The Bertz CT molecular complexity index is 476. The van der Waals surface area contributed by atoms with E-state index >= 15 is 0 Å². The normalized spacial score (nSPS) is 46.7. The van der Waals surface area contributed by atoms with Gasteiger partial charge in [0.2, 0.25) is 0 Å². The van der Waals surface area contributed by atoms with E-state index in [4.69, 9.17) is 4.74 Å². The zero-order valence-electron chi connectivity index (χ0n) is 10.6. The minimum Gasteiger partial charge on any atom is -0.458 e. The fraction of sp³-hybridized carbons (Fsp3) is 0.533. The van der Waals surface area contributed by atoms with Gasteiger partial charge in [-0.3, -0.25) is 0 Å². The number of rotatable bonds is 0. The number of hydrogen-bond donors (Lipinski definition) is 1. The number of esters is 1. The molecule has 2 aliphatic carbocycles. The summed E-state index contributed by atoms with van der Waals surface area (Å²) in [6.45, 7) is 10.0. The summed E-state index contributed by atoms with van der Waals surface area (Å²) in [4.78, 5) is 11.6. The van der Waals surface area contributed by atoms with Crippen LogP contribution >= 0.6 is 0 Å². The molecular formula is C15H18O3. The third-order valence-corrected chi connectivity index (χ3v) is 4.83. The Morgan fingerprint density at radius 3 is 2.94 bits per heavy atom. The van der Waals surface area contributed by atoms with Gasteiger partial charge in [0.1, 0.15) is 6.10 Å². The van der Waals surface area contributed by atoms with Crippen LogP contribution in [0.2, 0.25) is 0 Å². The van der Waals surface area contributed by atoms with E-state index in [0.29, 0.717) is 5.57 Å². The molecule has 0 aromatic heterocycles. The summed E-state index contributed by atoms with van der Waals surface area (Å²) in [6, 6.07) is 0. The second-order valence-electron chi connectivity index (χ2n) is 5.95. The Labute approximate surface area is 107 Å². The van der Waals surface area contributed by atoms with E-state index in [1.54, 1.807) is 6.08 Å². The van der Waals surface area contributed by atoms with Crippen LogP contribution in [0.1, 0.15) is 19.8 Å². The third-order valence-electron chi connectivity index (χ3n) is 4.83. The van der Waals surface area contributed by atoms with Crippen LogP contribution in [-0.4, -0.2) is 23.3 Å². The molecule has 0 aromatic carbocycles. The monoisotopic (exact) mass is 246 g/mol. The second kappa shape index (κ2) is 3.58. The van der Waals surface area contributed by atoms with Gasteiger partial charge >= 0.3 is 5.97 Å². The van der Waals surface area contributed by atoms with Gasteiger partial charge in [-0.15, -0.1) is 0 Å². The van der Waals surface area contributed by atoms with Crippen LogP contribution < -0.4 is 0 Å². The summed E-state index contributed by atoms with van der Waals surface area (Å²) in [6.07, 6.45) is 4.82. The molecule has 3 aliphatic rings. The first-order valence-electron chi connectivity index (χ1n) is 6.38. The highest BCUT2D eigenvalue weighted by Gasteiger charge is 2.52. The number of carbonyl (C=O) groups is 1. The Morgan fingerprint density at radius 1 is 1.50 bits per heavy atom. The first-order chi connectivity index (χ1) is 8.42. The van der Waals surface area contributed by atoms with E-state index in [1.807, 2.05) is 0 Å². The fourth-order valence-electron chi connectivity index (χ4n) is 3.65. The number of allylic oxidation sites excluding steroid dienone is 1. The Balaban J connectivity index is 1.96. The lowest BCUT2D eigenvalue weighted by molar-refractivity contribution is -0.141. The van der Waals surface area contributed by atoms with Crippen LogP contribution in [0, 0.1) is 17.3 Å². The van der Waals surface area contributed by atoms with Crippen molar-refractivity contribution in [2.45, 2.75) is 32.0 Å².